The van der Waals surface area contributed by atoms with Crippen LogP contribution in [0.25, 0.3) is 0 Å². The van der Waals surface area contributed by atoms with E-state index in [1.54, 1.807) is 23.1 Å². The minimum atomic E-state index is -1.01. The van der Waals surface area contributed by atoms with Gasteiger partial charge in [0.2, 0.25) is 5.91 Å². The third-order valence-corrected chi connectivity index (χ3v) is 3.17. The Morgan fingerprint density at radius 3 is 2.95 bits per heavy atom. The van der Waals surface area contributed by atoms with Gasteiger partial charge in [-0.1, -0.05) is 12.1 Å². The molecule has 0 aliphatic carbocycles. The fourth-order valence-corrected chi connectivity index (χ4v) is 2.14. The lowest BCUT2D eigenvalue weighted by Gasteiger charge is -2.30. The Hall–Kier alpha value is -2.12. The second-order valence-electron chi connectivity index (χ2n) is 4.68. The fourth-order valence-electron chi connectivity index (χ4n) is 2.14. The highest BCUT2D eigenvalue weighted by molar-refractivity contribution is 5.93. The summed E-state index contributed by atoms with van der Waals surface area (Å²) in [5.74, 6) is -0.647. The van der Waals surface area contributed by atoms with Crippen molar-refractivity contribution >= 4 is 17.6 Å². The first-order valence-electron chi connectivity index (χ1n) is 6.60. The van der Waals surface area contributed by atoms with Crippen LogP contribution in [0.15, 0.2) is 24.3 Å². The van der Waals surface area contributed by atoms with E-state index in [0.29, 0.717) is 24.6 Å². The highest BCUT2D eigenvalue weighted by atomic mass is 16.5. The molecule has 1 saturated heterocycles. The van der Waals surface area contributed by atoms with Crippen molar-refractivity contribution in [2.24, 2.45) is 0 Å². The normalized spacial score (nSPS) is 19.0. The van der Waals surface area contributed by atoms with Crippen LogP contribution in [-0.4, -0.2) is 61.3 Å². The quantitative estimate of drug-likeness (QED) is 0.818. The number of hydrogen-bond donors (Lipinski definition) is 2. The van der Waals surface area contributed by atoms with Gasteiger partial charge >= 0.3 is 5.97 Å². The van der Waals surface area contributed by atoms with Gasteiger partial charge in [-0.3, -0.25) is 9.69 Å². The van der Waals surface area contributed by atoms with Gasteiger partial charge in [0.1, 0.15) is 5.75 Å². The van der Waals surface area contributed by atoms with E-state index in [9.17, 15) is 9.59 Å². The predicted molar refractivity (Wildman–Crippen MR) is 75.4 cm³/mol. The van der Waals surface area contributed by atoms with Gasteiger partial charge in [0.25, 0.3) is 0 Å². The first kappa shape index (κ1) is 15.3. The molecule has 0 bridgehead atoms. The Kier molecular flexibility index (Phi) is 5.13. The number of amides is 1. The summed E-state index contributed by atoms with van der Waals surface area (Å²) in [5, 5.41) is 11.7. The lowest BCUT2D eigenvalue weighted by molar-refractivity contribution is -0.156. The lowest BCUT2D eigenvalue weighted by atomic mass is 10.2. The molecule has 1 atom stereocenters. The Morgan fingerprint density at radius 2 is 2.24 bits per heavy atom. The number of methoxy groups -OCH3 is 1. The SMILES string of the molecule is COc1ccccc1NC(=O)CN1CCOC(C(=O)O)C1. The van der Waals surface area contributed by atoms with E-state index in [0.717, 1.165) is 0 Å². The molecule has 1 amide bonds. The van der Waals surface area contributed by atoms with E-state index in [1.165, 1.54) is 7.11 Å². The highest BCUT2D eigenvalue weighted by Crippen LogP contribution is 2.22. The molecule has 114 valence electrons. The molecule has 1 aromatic carbocycles. The first-order valence-corrected chi connectivity index (χ1v) is 6.60. The van der Waals surface area contributed by atoms with Gasteiger partial charge in [-0.25, -0.2) is 4.79 Å². The van der Waals surface area contributed by atoms with Crippen LogP contribution in [0.3, 0.4) is 0 Å². The van der Waals surface area contributed by atoms with Crippen molar-refractivity contribution in [3.63, 3.8) is 0 Å². The number of aliphatic carboxylic acids is 1. The zero-order chi connectivity index (χ0) is 15.2. The van der Waals surface area contributed by atoms with Gasteiger partial charge in [-0.2, -0.15) is 0 Å². The molecule has 7 heteroatoms. The molecule has 0 spiro atoms. The summed E-state index contributed by atoms with van der Waals surface area (Å²) < 4.78 is 10.3. The van der Waals surface area contributed by atoms with Crippen molar-refractivity contribution in [3.05, 3.63) is 24.3 Å². The Balaban J connectivity index is 1.91. The van der Waals surface area contributed by atoms with E-state index in [1.807, 2.05) is 6.07 Å². The average Bonchev–Trinajstić information content (AvgIpc) is 2.48. The summed E-state index contributed by atoms with van der Waals surface area (Å²) in [6, 6.07) is 7.11. The monoisotopic (exact) mass is 294 g/mol. The van der Waals surface area contributed by atoms with Gasteiger partial charge in [0, 0.05) is 13.1 Å². The second-order valence-corrected chi connectivity index (χ2v) is 4.68. The molecule has 0 saturated carbocycles. The summed E-state index contributed by atoms with van der Waals surface area (Å²) in [6.45, 7) is 1.15. The number of carbonyl (C=O) groups is 2. The topological polar surface area (TPSA) is 88.1 Å². The van der Waals surface area contributed by atoms with Gasteiger partial charge in [-0.05, 0) is 12.1 Å². The summed E-state index contributed by atoms with van der Waals surface area (Å²) in [7, 11) is 1.53. The zero-order valence-electron chi connectivity index (χ0n) is 11.7. The number of carboxylic acid groups (broad SMARTS) is 1. The van der Waals surface area contributed by atoms with Crippen molar-refractivity contribution in [3.8, 4) is 5.75 Å². The summed E-state index contributed by atoms with van der Waals surface area (Å²) in [5.41, 5.74) is 0.591. The van der Waals surface area contributed by atoms with E-state index in [2.05, 4.69) is 5.32 Å². The number of nitrogens with zero attached hydrogens (tertiary/aromatic N) is 1. The minimum Gasteiger partial charge on any atom is -0.495 e. The number of para-hydroxylation sites is 2. The van der Waals surface area contributed by atoms with Crippen LogP contribution >= 0.6 is 0 Å². The number of rotatable bonds is 5. The Morgan fingerprint density at radius 1 is 1.48 bits per heavy atom. The number of benzene rings is 1. The highest BCUT2D eigenvalue weighted by Gasteiger charge is 2.27. The third-order valence-electron chi connectivity index (χ3n) is 3.17. The molecule has 1 heterocycles. The number of anilines is 1. The van der Waals surface area contributed by atoms with Crippen LogP contribution in [0.2, 0.25) is 0 Å². The molecule has 1 aromatic rings. The molecule has 21 heavy (non-hydrogen) atoms. The number of nitrogens with one attached hydrogen (secondary N) is 1. The first-order chi connectivity index (χ1) is 10.1. The molecular weight excluding hydrogens is 276 g/mol. The summed E-state index contributed by atoms with van der Waals surface area (Å²) >= 11 is 0. The second kappa shape index (κ2) is 7.05. The molecular formula is C14H18N2O5. The average molecular weight is 294 g/mol. The maximum Gasteiger partial charge on any atom is 0.334 e. The molecule has 1 aliphatic rings. The number of morpholine rings is 1. The molecule has 1 aliphatic heterocycles. The maximum absolute atomic E-state index is 12.0. The van der Waals surface area contributed by atoms with Gasteiger partial charge < -0.3 is 19.9 Å². The standard InChI is InChI=1S/C14H18N2O5/c1-20-11-5-3-2-4-10(11)15-13(17)9-16-6-7-21-12(8-16)14(18)19/h2-5,12H,6-9H2,1H3,(H,15,17)(H,18,19). The van der Waals surface area contributed by atoms with Crippen LogP contribution in [-0.2, 0) is 14.3 Å². The molecule has 2 N–H and O–H groups in total. The van der Waals surface area contributed by atoms with Crippen LogP contribution in [0.5, 0.6) is 5.75 Å². The smallest absolute Gasteiger partial charge is 0.334 e. The minimum absolute atomic E-state index is 0.116. The molecule has 0 radical (unpaired) electrons. The zero-order valence-corrected chi connectivity index (χ0v) is 11.7. The lowest BCUT2D eigenvalue weighted by Crippen LogP contribution is -2.48. The van der Waals surface area contributed by atoms with E-state index < -0.39 is 12.1 Å². The van der Waals surface area contributed by atoms with Crippen molar-refractivity contribution < 1.29 is 24.2 Å². The van der Waals surface area contributed by atoms with Crippen LogP contribution < -0.4 is 10.1 Å². The Labute approximate surface area is 122 Å². The van der Waals surface area contributed by atoms with E-state index in [-0.39, 0.29) is 19.0 Å². The van der Waals surface area contributed by atoms with Gasteiger partial charge in [-0.15, -0.1) is 0 Å². The molecule has 0 aromatic heterocycles. The molecule has 1 fully saturated rings. The van der Waals surface area contributed by atoms with Crippen LogP contribution in [0.4, 0.5) is 5.69 Å². The Bertz CT molecular complexity index is 520. The fraction of sp³-hybridized carbons (Fsp3) is 0.429. The largest absolute Gasteiger partial charge is 0.495 e. The third kappa shape index (κ3) is 4.17. The number of ether oxygens (including phenoxy) is 2. The van der Waals surface area contributed by atoms with Crippen molar-refractivity contribution in [2.75, 3.05) is 38.7 Å². The number of carbonyl (C=O) groups excluding carboxylic acids is 1. The van der Waals surface area contributed by atoms with Gasteiger partial charge in [0.05, 0.1) is 25.9 Å². The van der Waals surface area contributed by atoms with Crippen molar-refractivity contribution in [2.45, 2.75) is 6.10 Å². The van der Waals surface area contributed by atoms with Gasteiger partial charge in [0.15, 0.2) is 6.10 Å². The van der Waals surface area contributed by atoms with Crippen molar-refractivity contribution in [1.29, 1.82) is 0 Å². The number of carboxylic acids is 1. The van der Waals surface area contributed by atoms with E-state index in [4.69, 9.17) is 14.6 Å². The predicted octanol–water partition coefficient (Wildman–Crippen LogP) is 0.419. The summed E-state index contributed by atoms with van der Waals surface area (Å²) in [4.78, 5) is 24.7. The van der Waals surface area contributed by atoms with Crippen LogP contribution in [0, 0.1) is 0 Å². The molecule has 1 unspecified atom stereocenters. The summed E-state index contributed by atoms with van der Waals surface area (Å²) in [6.07, 6.45) is -0.877. The van der Waals surface area contributed by atoms with E-state index >= 15 is 0 Å². The van der Waals surface area contributed by atoms with Crippen molar-refractivity contribution in [1.82, 2.24) is 4.90 Å². The number of hydrogen-bond acceptors (Lipinski definition) is 5. The van der Waals surface area contributed by atoms with Crippen LogP contribution in [0.1, 0.15) is 0 Å². The molecule has 7 nitrogen and oxygen atoms in total. The molecule has 2 rings (SSSR count). The maximum atomic E-state index is 12.0.